The monoisotopic (exact) mass is 441 g/mol. The molecule has 3 aliphatic heterocycles. The lowest BCUT2D eigenvalue weighted by molar-refractivity contribution is -0.175. The third-order valence-electron chi connectivity index (χ3n) is 5.90. The van der Waals surface area contributed by atoms with Crippen molar-refractivity contribution in [2.24, 2.45) is 0 Å². The fourth-order valence-electron chi connectivity index (χ4n) is 4.53. The molecule has 3 fully saturated rings. The maximum absolute atomic E-state index is 13.4. The summed E-state index contributed by atoms with van der Waals surface area (Å²) in [6.45, 7) is 9.62. The number of hydrogen-bond donors (Lipinski definition) is 1. The van der Waals surface area contributed by atoms with Gasteiger partial charge in [0.1, 0.15) is 18.3 Å². The zero-order valence-corrected chi connectivity index (χ0v) is 18.9. The highest BCUT2D eigenvalue weighted by Gasteiger charge is 2.57. The average molecular weight is 442 g/mol. The van der Waals surface area contributed by atoms with Crippen LogP contribution in [-0.4, -0.2) is 73.0 Å². The van der Waals surface area contributed by atoms with E-state index in [-0.39, 0.29) is 11.4 Å². The molecule has 0 amide bonds. The Morgan fingerprint density at radius 2 is 1.63 bits per heavy atom. The van der Waals surface area contributed by atoms with E-state index in [4.69, 9.17) is 18.9 Å². The average Bonchev–Trinajstić information content (AvgIpc) is 3.29. The van der Waals surface area contributed by atoms with Crippen LogP contribution in [0.5, 0.6) is 0 Å². The van der Waals surface area contributed by atoms with Crippen molar-refractivity contribution in [3.8, 4) is 0 Å². The van der Waals surface area contributed by atoms with Crippen molar-refractivity contribution in [2.75, 3.05) is 13.2 Å². The highest BCUT2D eigenvalue weighted by molar-refractivity contribution is 7.89. The van der Waals surface area contributed by atoms with Gasteiger partial charge < -0.3 is 24.1 Å². The molecule has 0 radical (unpaired) electrons. The van der Waals surface area contributed by atoms with Crippen LogP contribution >= 0.6 is 0 Å². The number of aliphatic hydroxyl groups excluding tert-OH is 1. The second-order valence-corrected chi connectivity index (χ2v) is 11.1. The van der Waals surface area contributed by atoms with Gasteiger partial charge in [-0.1, -0.05) is 17.7 Å². The number of hydrogen-bond acceptors (Lipinski definition) is 7. The minimum atomic E-state index is -3.82. The van der Waals surface area contributed by atoms with Gasteiger partial charge in [-0.2, -0.15) is 4.31 Å². The van der Waals surface area contributed by atoms with E-state index in [1.54, 1.807) is 38.1 Å². The van der Waals surface area contributed by atoms with Crippen LogP contribution in [0.2, 0.25) is 0 Å². The second-order valence-electron chi connectivity index (χ2n) is 9.21. The van der Waals surface area contributed by atoms with Gasteiger partial charge in [-0.3, -0.25) is 0 Å². The topological polar surface area (TPSA) is 94.5 Å². The number of aliphatic hydroxyl groups is 1. The molecule has 30 heavy (non-hydrogen) atoms. The number of rotatable bonds is 4. The van der Waals surface area contributed by atoms with E-state index < -0.39 is 52.1 Å². The van der Waals surface area contributed by atoms with Crippen LogP contribution in [0, 0.1) is 6.92 Å². The van der Waals surface area contributed by atoms with Crippen molar-refractivity contribution < 1.29 is 32.5 Å². The summed E-state index contributed by atoms with van der Waals surface area (Å²) in [6.07, 6.45) is -2.24. The van der Waals surface area contributed by atoms with Crippen molar-refractivity contribution >= 4 is 10.0 Å². The van der Waals surface area contributed by atoms with E-state index in [1.165, 1.54) is 4.31 Å². The molecule has 1 aromatic carbocycles. The third kappa shape index (κ3) is 4.04. The fourth-order valence-corrected chi connectivity index (χ4v) is 6.20. The lowest BCUT2D eigenvalue weighted by atomic mass is 9.98. The van der Waals surface area contributed by atoms with Gasteiger partial charge in [0.05, 0.1) is 23.6 Å². The van der Waals surface area contributed by atoms with Crippen molar-refractivity contribution in [3.63, 3.8) is 0 Å². The highest BCUT2D eigenvalue weighted by Crippen LogP contribution is 2.41. The van der Waals surface area contributed by atoms with Gasteiger partial charge >= 0.3 is 0 Å². The second kappa shape index (κ2) is 7.51. The van der Waals surface area contributed by atoms with Crippen LogP contribution in [0.15, 0.2) is 29.2 Å². The molecule has 5 atom stereocenters. The number of ether oxygens (including phenoxy) is 4. The maximum atomic E-state index is 13.4. The van der Waals surface area contributed by atoms with Crippen LogP contribution in [0.25, 0.3) is 0 Å². The lowest BCUT2D eigenvalue weighted by Crippen LogP contribution is -2.53. The first kappa shape index (κ1) is 22.1. The minimum Gasteiger partial charge on any atom is -0.391 e. The third-order valence-corrected chi connectivity index (χ3v) is 7.81. The van der Waals surface area contributed by atoms with Crippen molar-refractivity contribution in [1.82, 2.24) is 4.31 Å². The summed E-state index contributed by atoms with van der Waals surface area (Å²) in [6, 6.07) is 5.94. The Morgan fingerprint density at radius 1 is 1.00 bits per heavy atom. The summed E-state index contributed by atoms with van der Waals surface area (Å²) < 4.78 is 52.1. The molecule has 3 saturated heterocycles. The smallest absolute Gasteiger partial charge is 0.243 e. The number of nitrogens with zero attached hydrogens (tertiary/aromatic N) is 1. The Balaban J connectivity index is 1.66. The molecule has 4 rings (SSSR count). The molecule has 0 spiro atoms. The Kier molecular flexibility index (Phi) is 5.54. The standard InChI is InChI=1S/C21H31NO7S/c1-13-6-8-14(9-7-13)30(24,25)22-11-10-15(23)17(22)19-18(28-21(4,5)29-19)16-12-26-20(2,3)27-16/h6-9,15-19,23H,10-12H2,1-5H3/t15-,16-,17+,18-,19-/m1/s1. The number of benzene rings is 1. The summed E-state index contributed by atoms with van der Waals surface area (Å²) in [7, 11) is -3.82. The first-order valence-electron chi connectivity index (χ1n) is 10.3. The van der Waals surface area contributed by atoms with E-state index in [9.17, 15) is 13.5 Å². The Bertz CT molecular complexity index is 883. The first-order chi connectivity index (χ1) is 13.9. The van der Waals surface area contributed by atoms with Crippen molar-refractivity contribution in [2.45, 2.75) is 88.0 Å². The van der Waals surface area contributed by atoms with E-state index in [1.807, 2.05) is 20.8 Å². The van der Waals surface area contributed by atoms with Gasteiger partial charge in [0.2, 0.25) is 10.0 Å². The van der Waals surface area contributed by atoms with Gasteiger partial charge in [-0.25, -0.2) is 8.42 Å². The minimum absolute atomic E-state index is 0.198. The van der Waals surface area contributed by atoms with E-state index in [0.29, 0.717) is 13.0 Å². The Hall–Kier alpha value is -1.07. The molecule has 3 heterocycles. The quantitative estimate of drug-likeness (QED) is 0.761. The zero-order valence-electron chi connectivity index (χ0n) is 18.1. The molecule has 1 aromatic rings. The van der Waals surface area contributed by atoms with Gasteiger partial charge in [-0.15, -0.1) is 0 Å². The van der Waals surface area contributed by atoms with Crippen LogP contribution in [0.3, 0.4) is 0 Å². The predicted molar refractivity (Wildman–Crippen MR) is 108 cm³/mol. The summed E-state index contributed by atoms with van der Waals surface area (Å²) >= 11 is 0. The van der Waals surface area contributed by atoms with E-state index in [2.05, 4.69) is 0 Å². The summed E-state index contributed by atoms with van der Waals surface area (Å²) in [5.41, 5.74) is 0.974. The Labute approximate surface area is 178 Å². The van der Waals surface area contributed by atoms with Crippen molar-refractivity contribution in [3.05, 3.63) is 29.8 Å². The van der Waals surface area contributed by atoms with E-state index >= 15 is 0 Å². The molecule has 1 N–H and O–H groups in total. The molecule has 3 aliphatic rings. The van der Waals surface area contributed by atoms with Gasteiger partial charge in [-0.05, 0) is 53.2 Å². The maximum Gasteiger partial charge on any atom is 0.243 e. The molecular formula is C21H31NO7S. The molecule has 0 bridgehead atoms. The predicted octanol–water partition coefficient (Wildman–Crippen LogP) is 1.79. The number of aryl methyl sites for hydroxylation is 1. The SMILES string of the molecule is Cc1ccc(S(=O)(=O)N2CC[C@@H](O)[C@H]2[C@H]2OC(C)(C)O[C@@H]2[C@H]2COC(C)(C)O2)cc1. The van der Waals surface area contributed by atoms with Gasteiger partial charge in [0.15, 0.2) is 11.6 Å². The van der Waals surface area contributed by atoms with Crippen LogP contribution in [0.1, 0.15) is 39.7 Å². The molecule has 0 aliphatic carbocycles. The molecule has 8 nitrogen and oxygen atoms in total. The lowest BCUT2D eigenvalue weighted by Gasteiger charge is -2.33. The summed E-state index contributed by atoms with van der Waals surface area (Å²) in [5.74, 6) is -1.69. The molecule has 0 saturated carbocycles. The van der Waals surface area contributed by atoms with Gasteiger partial charge in [0, 0.05) is 6.54 Å². The largest absolute Gasteiger partial charge is 0.391 e. The zero-order chi connectivity index (χ0) is 21.9. The van der Waals surface area contributed by atoms with Crippen LogP contribution in [0.4, 0.5) is 0 Å². The highest BCUT2D eigenvalue weighted by atomic mass is 32.2. The molecule has 0 aromatic heterocycles. The molecule has 9 heteroatoms. The molecule has 168 valence electrons. The molecular weight excluding hydrogens is 410 g/mol. The summed E-state index contributed by atoms with van der Waals surface area (Å²) in [4.78, 5) is 0.198. The summed E-state index contributed by atoms with van der Waals surface area (Å²) in [5, 5.41) is 10.8. The molecule has 0 unspecified atom stereocenters. The van der Waals surface area contributed by atoms with Crippen LogP contribution in [-0.2, 0) is 29.0 Å². The van der Waals surface area contributed by atoms with Crippen molar-refractivity contribution in [1.29, 1.82) is 0 Å². The Morgan fingerprint density at radius 3 is 2.23 bits per heavy atom. The fraction of sp³-hybridized carbons (Fsp3) is 0.714. The van der Waals surface area contributed by atoms with Crippen LogP contribution < -0.4 is 0 Å². The normalized spacial score (nSPS) is 36.4. The van der Waals surface area contributed by atoms with Gasteiger partial charge in [0.25, 0.3) is 0 Å². The number of sulfonamides is 1. The first-order valence-corrected chi connectivity index (χ1v) is 11.8. The van der Waals surface area contributed by atoms with E-state index in [0.717, 1.165) is 5.56 Å².